The number of hydrogen-bond donors (Lipinski definition) is 1. The number of para-hydroxylation sites is 1. The Bertz CT molecular complexity index is 625. The van der Waals surface area contributed by atoms with E-state index in [2.05, 4.69) is 24.4 Å². The SMILES string of the molecule is COc1ccccc1C(C)NC(=O)CSc1ccc(C)cc1. The van der Waals surface area contributed by atoms with E-state index in [1.54, 1.807) is 18.9 Å². The van der Waals surface area contributed by atoms with E-state index in [9.17, 15) is 4.79 Å². The van der Waals surface area contributed by atoms with E-state index in [0.717, 1.165) is 16.2 Å². The van der Waals surface area contributed by atoms with E-state index in [-0.39, 0.29) is 11.9 Å². The molecule has 3 nitrogen and oxygen atoms in total. The largest absolute Gasteiger partial charge is 0.496 e. The fourth-order valence-electron chi connectivity index (χ4n) is 2.17. The van der Waals surface area contributed by atoms with Crippen LogP contribution in [-0.2, 0) is 4.79 Å². The molecule has 0 heterocycles. The van der Waals surface area contributed by atoms with E-state index in [4.69, 9.17) is 4.74 Å². The lowest BCUT2D eigenvalue weighted by molar-refractivity contribution is -0.119. The normalized spacial score (nSPS) is 11.8. The third-order valence-electron chi connectivity index (χ3n) is 3.37. The summed E-state index contributed by atoms with van der Waals surface area (Å²) in [6.07, 6.45) is 0. The standard InChI is InChI=1S/C18H21NO2S/c1-13-8-10-15(11-9-13)22-12-18(20)19-14(2)16-6-4-5-7-17(16)21-3/h4-11,14H,12H2,1-3H3,(H,19,20). The summed E-state index contributed by atoms with van der Waals surface area (Å²) < 4.78 is 5.33. The average molecular weight is 315 g/mol. The molecule has 0 aliphatic rings. The van der Waals surface area contributed by atoms with Crippen LogP contribution in [0.1, 0.15) is 24.1 Å². The molecule has 0 saturated heterocycles. The van der Waals surface area contributed by atoms with E-state index in [1.807, 2.05) is 43.3 Å². The minimum absolute atomic E-state index is 0.0176. The number of rotatable bonds is 6. The highest BCUT2D eigenvalue weighted by Crippen LogP contribution is 2.24. The van der Waals surface area contributed by atoms with Crippen molar-refractivity contribution in [2.75, 3.05) is 12.9 Å². The van der Waals surface area contributed by atoms with E-state index >= 15 is 0 Å². The van der Waals surface area contributed by atoms with Gasteiger partial charge in [0.2, 0.25) is 5.91 Å². The maximum absolute atomic E-state index is 12.1. The number of methoxy groups -OCH3 is 1. The Kier molecular flexibility index (Phi) is 5.90. The predicted molar refractivity (Wildman–Crippen MR) is 91.5 cm³/mol. The third-order valence-corrected chi connectivity index (χ3v) is 4.39. The molecular formula is C18H21NO2S. The van der Waals surface area contributed by atoms with Crippen molar-refractivity contribution in [1.82, 2.24) is 5.32 Å². The third kappa shape index (κ3) is 4.53. The number of benzene rings is 2. The second-order valence-corrected chi connectivity index (χ2v) is 6.18. The van der Waals surface area contributed by atoms with Gasteiger partial charge in [-0.05, 0) is 32.0 Å². The van der Waals surface area contributed by atoms with Gasteiger partial charge in [-0.25, -0.2) is 0 Å². The molecule has 0 spiro atoms. The van der Waals surface area contributed by atoms with Crippen LogP contribution < -0.4 is 10.1 Å². The number of carbonyl (C=O) groups excluding carboxylic acids is 1. The van der Waals surface area contributed by atoms with Crippen molar-refractivity contribution in [2.24, 2.45) is 0 Å². The first-order chi connectivity index (χ1) is 10.6. The van der Waals surface area contributed by atoms with Gasteiger partial charge in [0, 0.05) is 10.5 Å². The molecule has 0 fully saturated rings. The summed E-state index contributed by atoms with van der Waals surface area (Å²) in [7, 11) is 1.64. The zero-order valence-electron chi connectivity index (χ0n) is 13.1. The molecule has 1 atom stereocenters. The van der Waals surface area contributed by atoms with Crippen LogP contribution >= 0.6 is 11.8 Å². The van der Waals surface area contributed by atoms with Gasteiger partial charge in [-0.1, -0.05) is 35.9 Å². The van der Waals surface area contributed by atoms with Crippen molar-refractivity contribution in [3.05, 3.63) is 59.7 Å². The van der Waals surface area contributed by atoms with Crippen molar-refractivity contribution >= 4 is 17.7 Å². The van der Waals surface area contributed by atoms with Gasteiger partial charge in [0.05, 0.1) is 18.9 Å². The molecule has 1 amide bonds. The van der Waals surface area contributed by atoms with Gasteiger partial charge in [-0.2, -0.15) is 0 Å². The van der Waals surface area contributed by atoms with Gasteiger partial charge in [0.1, 0.15) is 5.75 Å². The average Bonchev–Trinajstić information content (AvgIpc) is 2.54. The lowest BCUT2D eigenvalue weighted by Crippen LogP contribution is -2.28. The minimum atomic E-state index is -0.0812. The fraction of sp³-hybridized carbons (Fsp3) is 0.278. The molecule has 0 saturated carbocycles. The van der Waals surface area contributed by atoms with Crippen molar-refractivity contribution in [3.63, 3.8) is 0 Å². The summed E-state index contributed by atoms with van der Waals surface area (Å²) in [5.74, 6) is 1.22. The first-order valence-corrected chi connectivity index (χ1v) is 8.20. The van der Waals surface area contributed by atoms with Crippen LogP contribution in [0.15, 0.2) is 53.4 Å². The Morgan fingerprint density at radius 3 is 2.55 bits per heavy atom. The number of hydrogen-bond acceptors (Lipinski definition) is 3. The molecule has 1 N–H and O–H groups in total. The van der Waals surface area contributed by atoms with Crippen LogP contribution in [0.5, 0.6) is 5.75 Å². The maximum Gasteiger partial charge on any atom is 0.230 e. The monoisotopic (exact) mass is 315 g/mol. The Balaban J connectivity index is 1.90. The molecule has 22 heavy (non-hydrogen) atoms. The van der Waals surface area contributed by atoms with E-state index in [0.29, 0.717) is 5.75 Å². The number of thioether (sulfide) groups is 1. The van der Waals surface area contributed by atoms with Crippen molar-refractivity contribution in [1.29, 1.82) is 0 Å². The van der Waals surface area contributed by atoms with Gasteiger partial charge in [-0.15, -0.1) is 11.8 Å². The number of carbonyl (C=O) groups is 1. The van der Waals surface area contributed by atoms with Gasteiger partial charge < -0.3 is 10.1 Å². The Morgan fingerprint density at radius 2 is 1.86 bits per heavy atom. The number of nitrogens with one attached hydrogen (secondary N) is 1. The zero-order chi connectivity index (χ0) is 15.9. The topological polar surface area (TPSA) is 38.3 Å². The highest BCUT2D eigenvalue weighted by molar-refractivity contribution is 8.00. The number of ether oxygens (including phenoxy) is 1. The van der Waals surface area contributed by atoms with Gasteiger partial charge in [0.15, 0.2) is 0 Å². The summed E-state index contributed by atoms with van der Waals surface area (Å²) >= 11 is 1.54. The second kappa shape index (κ2) is 7.90. The summed E-state index contributed by atoms with van der Waals surface area (Å²) in [6.45, 7) is 4.02. The highest BCUT2D eigenvalue weighted by atomic mass is 32.2. The molecule has 2 rings (SSSR count). The molecule has 0 bridgehead atoms. The summed E-state index contributed by atoms with van der Waals surface area (Å²) in [6, 6.07) is 15.8. The molecule has 2 aromatic rings. The van der Waals surface area contributed by atoms with Crippen molar-refractivity contribution < 1.29 is 9.53 Å². The summed E-state index contributed by atoms with van der Waals surface area (Å²) in [4.78, 5) is 13.2. The van der Waals surface area contributed by atoms with Gasteiger partial charge in [-0.3, -0.25) is 4.79 Å². The van der Waals surface area contributed by atoms with Gasteiger partial charge in [0.25, 0.3) is 0 Å². The Hall–Kier alpha value is -1.94. The molecule has 0 aliphatic heterocycles. The smallest absolute Gasteiger partial charge is 0.230 e. The first-order valence-electron chi connectivity index (χ1n) is 7.22. The lowest BCUT2D eigenvalue weighted by Gasteiger charge is -2.17. The Labute approximate surface area is 136 Å². The number of amides is 1. The van der Waals surface area contributed by atoms with Crippen molar-refractivity contribution in [2.45, 2.75) is 24.8 Å². The van der Waals surface area contributed by atoms with Crippen LogP contribution in [0.4, 0.5) is 0 Å². The molecule has 2 aromatic carbocycles. The zero-order valence-corrected chi connectivity index (χ0v) is 13.9. The lowest BCUT2D eigenvalue weighted by atomic mass is 10.1. The summed E-state index contributed by atoms with van der Waals surface area (Å²) in [5, 5.41) is 3.01. The quantitative estimate of drug-likeness (QED) is 0.820. The first kappa shape index (κ1) is 16.4. The molecular weight excluding hydrogens is 294 g/mol. The molecule has 0 aliphatic carbocycles. The van der Waals surface area contributed by atoms with Crippen LogP contribution in [0.25, 0.3) is 0 Å². The Morgan fingerprint density at radius 1 is 1.18 bits per heavy atom. The highest BCUT2D eigenvalue weighted by Gasteiger charge is 2.13. The van der Waals surface area contributed by atoms with Crippen LogP contribution in [0.3, 0.4) is 0 Å². The molecule has 0 aromatic heterocycles. The van der Waals surface area contributed by atoms with Crippen molar-refractivity contribution in [3.8, 4) is 5.75 Å². The predicted octanol–water partition coefficient (Wildman–Crippen LogP) is 3.97. The molecule has 1 unspecified atom stereocenters. The molecule has 0 radical (unpaired) electrons. The summed E-state index contributed by atoms with van der Waals surface area (Å²) in [5.41, 5.74) is 2.21. The molecule has 4 heteroatoms. The minimum Gasteiger partial charge on any atom is -0.496 e. The fourth-order valence-corrected chi connectivity index (χ4v) is 2.88. The van der Waals surface area contributed by atoms with E-state index < -0.39 is 0 Å². The van der Waals surface area contributed by atoms with Gasteiger partial charge >= 0.3 is 0 Å². The van der Waals surface area contributed by atoms with Crippen LogP contribution in [0.2, 0.25) is 0 Å². The van der Waals surface area contributed by atoms with E-state index in [1.165, 1.54) is 5.56 Å². The number of aryl methyl sites for hydroxylation is 1. The second-order valence-electron chi connectivity index (χ2n) is 5.13. The maximum atomic E-state index is 12.1. The van der Waals surface area contributed by atoms with Crippen LogP contribution in [0, 0.1) is 6.92 Å². The van der Waals surface area contributed by atoms with Crippen LogP contribution in [-0.4, -0.2) is 18.8 Å². The molecule has 116 valence electrons.